The number of ether oxygens (including phenoxy) is 4. The van der Waals surface area contributed by atoms with Gasteiger partial charge in [-0.25, -0.2) is 0 Å². The van der Waals surface area contributed by atoms with Gasteiger partial charge in [0, 0.05) is 30.0 Å². The van der Waals surface area contributed by atoms with E-state index in [2.05, 4.69) is 11.9 Å². The van der Waals surface area contributed by atoms with Gasteiger partial charge in [0.2, 0.25) is 5.91 Å². The van der Waals surface area contributed by atoms with Crippen LogP contribution in [0.3, 0.4) is 0 Å². The molecule has 1 amide bonds. The minimum absolute atomic E-state index is 0.281. The summed E-state index contributed by atoms with van der Waals surface area (Å²) in [6, 6.07) is 10.6. The molecule has 0 bridgehead atoms. The summed E-state index contributed by atoms with van der Waals surface area (Å²) in [5.41, 5.74) is 1.38. The molecule has 6 heteroatoms. The quantitative estimate of drug-likeness (QED) is 0.536. The number of carbonyl (C=O) groups is 1. The van der Waals surface area contributed by atoms with Crippen molar-refractivity contribution in [1.29, 1.82) is 0 Å². The number of methoxy groups -OCH3 is 3. The number of benzene rings is 2. The van der Waals surface area contributed by atoms with E-state index < -0.39 is 0 Å². The molecule has 2 aromatic carbocycles. The van der Waals surface area contributed by atoms with E-state index in [9.17, 15) is 4.79 Å². The topological polar surface area (TPSA) is 66.0 Å². The summed E-state index contributed by atoms with van der Waals surface area (Å²) in [7, 11) is 4.67. The smallest absolute Gasteiger partial charge is 0.248 e. The maximum absolute atomic E-state index is 12.2. The summed E-state index contributed by atoms with van der Waals surface area (Å²) in [5.74, 6) is 2.10. The molecule has 0 fully saturated rings. The van der Waals surface area contributed by atoms with E-state index in [0.717, 1.165) is 5.56 Å². The average Bonchev–Trinajstić information content (AvgIpc) is 2.70. The first-order valence-corrected chi connectivity index (χ1v) is 8.23. The number of amides is 1. The van der Waals surface area contributed by atoms with Gasteiger partial charge in [0.15, 0.2) is 11.5 Å². The molecule has 0 saturated carbocycles. The zero-order chi connectivity index (χ0) is 19.6. The minimum Gasteiger partial charge on any atom is -0.497 e. The molecular formula is C21H23NO5. The molecule has 2 rings (SSSR count). The maximum Gasteiger partial charge on any atom is 0.248 e. The number of nitrogens with one attached hydrogen (secondary N) is 1. The highest BCUT2D eigenvalue weighted by atomic mass is 16.5. The number of carbonyl (C=O) groups excluding carboxylic acids is 1. The molecule has 6 nitrogen and oxygen atoms in total. The molecule has 0 aromatic heterocycles. The highest BCUT2D eigenvalue weighted by molar-refractivity contribution is 6.02. The fraction of sp³-hybridized carbons (Fsp3) is 0.190. The molecule has 0 unspecified atom stereocenters. The lowest BCUT2D eigenvalue weighted by Gasteiger charge is -2.10. The van der Waals surface area contributed by atoms with Crippen molar-refractivity contribution in [3.05, 3.63) is 60.7 Å². The van der Waals surface area contributed by atoms with Gasteiger partial charge in [0.05, 0.1) is 21.3 Å². The number of hydrogen-bond donors (Lipinski definition) is 1. The summed E-state index contributed by atoms with van der Waals surface area (Å²) in [4.78, 5) is 12.2. The predicted molar refractivity (Wildman–Crippen MR) is 106 cm³/mol. The average molecular weight is 369 g/mol. The minimum atomic E-state index is -0.281. The van der Waals surface area contributed by atoms with E-state index in [1.54, 1.807) is 63.8 Å². The van der Waals surface area contributed by atoms with Crippen LogP contribution in [0.15, 0.2) is 55.1 Å². The molecule has 0 saturated heterocycles. The van der Waals surface area contributed by atoms with Crippen molar-refractivity contribution in [3.63, 3.8) is 0 Å². The van der Waals surface area contributed by atoms with Gasteiger partial charge in [-0.3, -0.25) is 4.79 Å². The summed E-state index contributed by atoms with van der Waals surface area (Å²) in [5, 5.41) is 2.78. The van der Waals surface area contributed by atoms with Crippen LogP contribution in [0.4, 0.5) is 5.69 Å². The first-order valence-electron chi connectivity index (χ1n) is 8.23. The Hall–Kier alpha value is -3.41. The Kier molecular flexibility index (Phi) is 7.31. The zero-order valence-electron chi connectivity index (χ0n) is 15.7. The molecule has 142 valence electrons. The molecule has 0 aliphatic rings. The molecule has 0 radical (unpaired) electrons. The molecule has 1 N–H and O–H groups in total. The summed E-state index contributed by atoms with van der Waals surface area (Å²) in [6.45, 7) is 4.00. The molecule has 0 heterocycles. The molecular weight excluding hydrogens is 346 g/mol. The van der Waals surface area contributed by atoms with Crippen LogP contribution in [0.2, 0.25) is 0 Å². The number of anilines is 1. The second-order valence-corrected chi connectivity index (χ2v) is 5.43. The molecule has 0 atom stereocenters. The van der Waals surface area contributed by atoms with E-state index >= 15 is 0 Å². The van der Waals surface area contributed by atoms with Crippen LogP contribution in [0, 0.1) is 0 Å². The Labute approximate surface area is 159 Å². The van der Waals surface area contributed by atoms with Crippen molar-refractivity contribution in [1.82, 2.24) is 0 Å². The lowest BCUT2D eigenvalue weighted by atomic mass is 10.2. The third-order valence-electron chi connectivity index (χ3n) is 3.59. The normalized spacial score (nSPS) is 10.3. The van der Waals surface area contributed by atoms with E-state index in [1.807, 2.05) is 6.07 Å². The molecule has 27 heavy (non-hydrogen) atoms. The summed E-state index contributed by atoms with van der Waals surface area (Å²) in [6.07, 6.45) is 4.78. The van der Waals surface area contributed by atoms with Gasteiger partial charge >= 0.3 is 0 Å². The van der Waals surface area contributed by atoms with Gasteiger partial charge in [0.1, 0.15) is 18.1 Å². The maximum atomic E-state index is 12.2. The number of hydrogen-bond acceptors (Lipinski definition) is 5. The van der Waals surface area contributed by atoms with Crippen molar-refractivity contribution in [2.75, 3.05) is 33.3 Å². The van der Waals surface area contributed by atoms with Gasteiger partial charge in [0.25, 0.3) is 0 Å². The van der Waals surface area contributed by atoms with Crippen LogP contribution in [-0.2, 0) is 4.79 Å². The predicted octanol–water partition coefficient (Wildman–Crippen LogP) is 3.93. The second kappa shape index (κ2) is 9.91. The van der Waals surface area contributed by atoms with E-state index in [0.29, 0.717) is 35.3 Å². The lowest BCUT2D eigenvalue weighted by molar-refractivity contribution is -0.111. The van der Waals surface area contributed by atoms with Gasteiger partial charge in [-0.2, -0.15) is 0 Å². The van der Waals surface area contributed by atoms with Crippen LogP contribution < -0.4 is 24.3 Å². The van der Waals surface area contributed by atoms with E-state index in [-0.39, 0.29) is 5.91 Å². The van der Waals surface area contributed by atoms with Gasteiger partial charge in [-0.1, -0.05) is 18.7 Å². The summed E-state index contributed by atoms with van der Waals surface area (Å²) < 4.78 is 21.2. The SMILES string of the molecule is C=CCOc1ccc(/C=C/C(=O)Nc2cc(OC)cc(OC)c2)cc1OC. The van der Waals surface area contributed by atoms with Crippen LogP contribution in [-0.4, -0.2) is 33.8 Å². The molecule has 0 spiro atoms. The first-order chi connectivity index (χ1) is 13.1. The second-order valence-electron chi connectivity index (χ2n) is 5.43. The van der Waals surface area contributed by atoms with Crippen molar-refractivity contribution >= 4 is 17.7 Å². The van der Waals surface area contributed by atoms with Crippen molar-refractivity contribution in [2.45, 2.75) is 0 Å². The Morgan fingerprint density at radius 1 is 1.00 bits per heavy atom. The van der Waals surface area contributed by atoms with Gasteiger partial charge < -0.3 is 24.3 Å². The Morgan fingerprint density at radius 3 is 2.30 bits per heavy atom. The fourth-order valence-electron chi connectivity index (χ4n) is 2.29. The Bertz CT molecular complexity index is 807. The van der Waals surface area contributed by atoms with Crippen LogP contribution in [0.5, 0.6) is 23.0 Å². The Balaban J connectivity index is 2.09. The third kappa shape index (κ3) is 5.81. The van der Waals surface area contributed by atoms with Crippen molar-refractivity contribution in [3.8, 4) is 23.0 Å². The summed E-state index contributed by atoms with van der Waals surface area (Å²) >= 11 is 0. The Morgan fingerprint density at radius 2 is 1.70 bits per heavy atom. The highest BCUT2D eigenvalue weighted by Crippen LogP contribution is 2.29. The standard InChI is InChI=1S/C21H23NO5/c1-5-10-27-19-8-6-15(11-20(19)26-4)7-9-21(23)22-16-12-17(24-2)14-18(13-16)25-3/h5-9,11-14H,1,10H2,2-4H3,(H,22,23)/b9-7+. The van der Waals surface area contributed by atoms with Crippen LogP contribution in [0.1, 0.15) is 5.56 Å². The third-order valence-corrected chi connectivity index (χ3v) is 3.59. The zero-order valence-corrected chi connectivity index (χ0v) is 15.7. The lowest BCUT2D eigenvalue weighted by Crippen LogP contribution is -2.08. The van der Waals surface area contributed by atoms with Gasteiger partial charge in [-0.05, 0) is 23.8 Å². The molecule has 2 aromatic rings. The first kappa shape index (κ1) is 19.9. The van der Waals surface area contributed by atoms with Crippen molar-refractivity contribution < 1.29 is 23.7 Å². The number of rotatable bonds is 9. The van der Waals surface area contributed by atoms with Crippen LogP contribution >= 0.6 is 0 Å². The van der Waals surface area contributed by atoms with E-state index in [1.165, 1.54) is 6.08 Å². The molecule has 0 aliphatic carbocycles. The monoisotopic (exact) mass is 369 g/mol. The van der Waals surface area contributed by atoms with Crippen molar-refractivity contribution in [2.24, 2.45) is 0 Å². The largest absolute Gasteiger partial charge is 0.497 e. The van der Waals surface area contributed by atoms with Crippen LogP contribution in [0.25, 0.3) is 6.08 Å². The highest BCUT2D eigenvalue weighted by Gasteiger charge is 2.06. The van der Waals surface area contributed by atoms with Gasteiger partial charge in [-0.15, -0.1) is 0 Å². The molecule has 0 aliphatic heterocycles. The van der Waals surface area contributed by atoms with E-state index in [4.69, 9.17) is 18.9 Å². The fourth-order valence-corrected chi connectivity index (χ4v) is 2.29.